The number of rotatable bonds is 4. The van der Waals surface area contributed by atoms with Gasteiger partial charge in [-0.15, -0.1) is 0 Å². The van der Waals surface area contributed by atoms with Gasteiger partial charge in [-0.25, -0.2) is 0 Å². The van der Waals surface area contributed by atoms with Crippen LogP contribution in [0.5, 0.6) is 0 Å². The fourth-order valence-electron chi connectivity index (χ4n) is 3.61. The fourth-order valence-corrected chi connectivity index (χ4v) is 3.61. The number of likely N-dealkylation sites (N-methyl/N-ethyl adjacent to an activating group) is 1. The Kier molecular flexibility index (Phi) is 4.86. The van der Waals surface area contributed by atoms with Gasteiger partial charge in [-0.2, -0.15) is 0 Å². The number of nitrogens with zero attached hydrogens (tertiary/aromatic N) is 1. The van der Waals surface area contributed by atoms with Crippen molar-refractivity contribution in [3.05, 3.63) is 65.3 Å². The molecule has 0 spiro atoms. The van der Waals surface area contributed by atoms with Crippen molar-refractivity contribution in [2.45, 2.75) is 33.3 Å². The molecule has 2 heteroatoms. The normalized spacial score (nSPS) is 16.3. The number of benzene rings is 2. The summed E-state index contributed by atoms with van der Waals surface area (Å²) in [6.07, 6.45) is 4.89. The molecule has 132 valence electrons. The Bertz CT molecular complexity index is 837. The third kappa shape index (κ3) is 3.56. The van der Waals surface area contributed by atoms with Crippen LogP contribution in [0.2, 0.25) is 0 Å². The highest BCUT2D eigenvalue weighted by atomic mass is 16.3. The predicted octanol–water partition coefficient (Wildman–Crippen LogP) is 5.19. The average Bonchev–Trinajstić information content (AvgIpc) is 2.99. The Morgan fingerprint density at radius 1 is 1.08 bits per heavy atom. The van der Waals surface area contributed by atoms with E-state index in [4.69, 9.17) is 0 Å². The molecule has 1 unspecified atom stereocenters. The lowest BCUT2D eigenvalue weighted by molar-refractivity contribution is 0.0637. The van der Waals surface area contributed by atoms with Gasteiger partial charge >= 0.3 is 0 Å². The monoisotopic (exact) mass is 335 g/mol. The molecule has 0 radical (unpaired) electrons. The van der Waals surface area contributed by atoms with Crippen molar-refractivity contribution in [3.63, 3.8) is 0 Å². The summed E-state index contributed by atoms with van der Waals surface area (Å²) in [5, 5.41) is 13.6. The van der Waals surface area contributed by atoms with E-state index in [0.29, 0.717) is 0 Å². The molecule has 3 rings (SSSR count). The summed E-state index contributed by atoms with van der Waals surface area (Å²) in [5.74, 6) is 0. The molecule has 1 aliphatic rings. The van der Waals surface area contributed by atoms with Crippen LogP contribution in [-0.2, 0) is 0 Å². The maximum atomic E-state index is 11.2. The number of fused-ring (bicyclic) bond motifs is 1. The van der Waals surface area contributed by atoms with Crippen LogP contribution in [-0.4, -0.2) is 30.6 Å². The van der Waals surface area contributed by atoms with E-state index in [0.717, 1.165) is 23.9 Å². The highest BCUT2D eigenvalue weighted by Crippen LogP contribution is 2.42. The molecule has 0 fully saturated rings. The molecular weight excluding hydrogens is 306 g/mol. The van der Waals surface area contributed by atoms with E-state index in [2.05, 4.69) is 88.3 Å². The third-order valence-corrected chi connectivity index (χ3v) is 4.90. The van der Waals surface area contributed by atoms with Crippen molar-refractivity contribution < 1.29 is 5.11 Å². The van der Waals surface area contributed by atoms with Crippen molar-refractivity contribution in [2.24, 2.45) is 5.41 Å². The quantitative estimate of drug-likeness (QED) is 0.830. The second-order valence-corrected chi connectivity index (χ2v) is 8.36. The summed E-state index contributed by atoms with van der Waals surface area (Å²) in [6.45, 7) is 7.23. The largest absolute Gasteiger partial charge is 0.388 e. The number of allylic oxidation sites excluding steroid dienone is 2. The zero-order valence-electron chi connectivity index (χ0n) is 16.0. The van der Waals surface area contributed by atoms with Gasteiger partial charge in [0.05, 0.1) is 6.10 Å². The molecule has 0 aliphatic heterocycles. The second kappa shape index (κ2) is 6.78. The van der Waals surface area contributed by atoms with Crippen LogP contribution < -0.4 is 0 Å². The van der Waals surface area contributed by atoms with Gasteiger partial charge in [0.1, 0.15) is 0 Å². The molecule has 0 bridgehead atoms. The molecule has 1 aliphatic carbocycles. The van der Waals surface area contributed by atoms with Gasteiger partial charge in [0, 0.05) is 6.54 Å². The molecule has 2 nitrogen and oxygen atoms in total. The first-order valence-electron chi connectivity index (χ1n) is 9.02. The Hall–Kier alpha value is -1.90. The summed E-state index contributed by atoms with van der Waals surface area (Å²) < 4.78 is 0. The minimum Gasteiger partial charge on any atom is -0.388 e. The van der Waals surface area contributed by atoms with Crippen LogP contribution in [0.4, 0.5) is 0 Å². The summed E-state index contributed by atoms with van der Waals surface area (Å²) in [5.41, 5.74) is 4.75. The van der Waals surface area contributed by atoms with Crippen molar-refractivity contribution in [1.29, 1.82) is 0 Å². The Morgan fingerprint density at radius 3 is 2.48 bits per heavy atom. The lowest BCUT2D eigenvalue weighted by Gasteiger charge is -2.30. The SMILES string of the molecule is CN(C)CC1=C(c2ccc3ccccc3c2C(O)C(C)(C)C)CC=C1. The van der Waals surface area contributed by atoms with Crippen LogP contribution in [0.15, 0.2) is 54.1 Å². The van der Waals surface area contributed by atoms with Crippen LogP contribution in [0.3, 0.4) is 0 Å². The first-order chi connectivity index (χ1) is 11.8. The van der Waals surface area contributed by atoms with Gasteiger partial charge in [0.25, 0.3) is 0 Å². The summed E-state index contributed by atoms with van der Waals surface area (Å²) in [6, 6.07) is 12.8. The van der Waals surface area contributed by atoms with Crippen LogP contribution >= 0.6 is 0 Å². The van der Waals surface area contributed by atoms with Gasteiger partial charge in [-0.3, -0.25) is 0 Å². The Morgan fingerprint density at radius 2 is 1.80 bits per heavy atom. The van der Waals surface area contributed by atoms with Gasteiger partial charge in [0.2, 0.25) is 0 Å². The van der Waals surface area contributed by atoms with Gasteiger partial charge in [-0.1, -0.05) is 69.3 Å². The first kappa shape index (κ1) is 17.9. The first-order valence-corrected chi connectivity index (χ1v) is 9.02. The van der Waals surface area contributed by atoms with Crippen LogP contribution in [0.1, 0.15) is 44.4 Å². The fraction of sp³-hybridized carbons (Fsp3) is 0.391. The maximum Gasteiger partial charge on any atom is 0.0850 e. The molecule has 0 heterocycles. The molecule has 0 saturated heterocycles. The molecule has 2 aromatic carbocycles. The number of hydrogen-bond donors (Lipinski definition) is 1. The van der Waals surface area contributed by atoms with Crippen molar-refractivity contribution in [1.82, 2.24) is 4.90 Å². The van der Waals surface area contributed by atoms with E-state index < -0.39 is 6.10 Å². The minimum absolute atomic E-state index is 0.215. The molecular formula is C23H29NO. The zero-order valence-corrected chi connectivity index (χ0v) is 16.0. The average molecular weight is 335 g/mol. The minimum atomic E-state index is -0.512. The highest BCUT2D eigenvalue weighted by Gasteiger charge is 2.29. The van der Waals surface area contributed by atoms with E-state index in [1.165, 1.54) is 22.1 Å². The Balaban J connectivity index is 2.25. The van der Waals surface area contributed by atoms with Gasteiger partial charge < -0.3 is 10.0 Å². The second-order valence-electron chi connectivity index (χ2n) is 8.36. The third-order valence-electron chi connectivity index (χ3n) is 4.90. The maximum absolute atomic E-state index is 11.2. The lowest BCUT2D eigenvalue weighted by atomic mass is 9.79. The van der Waals surface area contributed by atoms with Crippen molar-refractivity contribution in [3.8, 4) is 0 Å². The van der Waals surface area contributed by atoms with E-state index in [-0.39, 0.29) is 5.41 Å². The molecule has 1 N–H and O–H groups in total. The van der Waals surface area contributed by atoms with Crippen LogP contribution in [0.25, 0.3) is 16.3 Å². The summed E-state index contributed by atoms with van der Waals surface area (Å²) >= 11 is 0. The smallest absolute Gasteiger partial charge is 0.0850 e. The Labute approximate surface area is 151 Å². The lowest BCUT2D eigenvalue weighted by Crippen LogP contribution is -2.20. The number of aliphatic hydroxyl groups excluding tert-OH is 1. The standard InChI is InChI=1S/C23H29NO/c1-23(2,3)22(25)21-19-11-7-6-9-16(19)13-14-20(21)18-12-8-10-17(18)15-24(4)5/h6-11,13-14,22,25H,12,15H2,1-5H3. The van der Waals surface area contributed by atoms with Crippen molar-refractivity contribution >= 4 is 16.3 Å². The van der Waals surface area contributed by atoms with Crippen LogP contribution in [0, 0.1) is 5.41 Å². The molecule has 2 aromatic rings. The molecule has 0 aromatic heterocycles. The van der Waals surface area contributed by atoms with Gasteiger partial charge in [-0.05, 0) is 59.0 Å². The van der Waals surface area contributed by atoms with E-state index in [1.54, 1.807) is 0 Å². The van der Waals surface area contributed by atoms with E-state index >= 15 is 0 Å². The van der Waals surface area contributed by atoms with Crippen molar-refractivity contribution in [2.75, 3.05) is 20.6 Å². The highest BCUT2D eigenvalue weighted by molar-refractivity contribution is 5.92. The topological polar surface area (TPSA) is 23.5 Å². The summed E-state index contributed by atoms with van der Waals surface area (Å²) in [4.78, 5) is 2.20. The molecule has 0 saturated carbocycles. The number of aliphatic hydroxyl groups is 1. The van der Waals surface area contributed by atoms with E-state index in [9.17, 15) is 5.11 Å². The predicted molar refractivity (Wildman–Crippen MR) is 108 cm³/mol. The zero-order chi connectivity index (χ0) is 18.2. The summed E-state index contributed by atoms with van der Waals surface area (Å²) in [7, 11) is 4.20. The molecule has 1 atom stereocenters. The van der Waals surface area contributed by atoms with Gasteiger partial charge in [0.15, 0.2) is 0 Å². The van der Waals surface area contributed by atoms with E-state index in [1.807, 2.05) is 0 Å². The molecule has 25 heavy (non-hydrogen) atoms. The number of hydrogen-bond acceptors (Lipinski definition) is 2. The molecule has 0 amide bonds.